The number of fused-ring (bicyclic) bond motifs is 1. The first kappa shape index (κ1) is 17.4. The molecule has 1 amide bonds. The lowest BCUT2D eigenvalue weighted by molar-refractivity contribution is -0.121. The van der Waals surface area contributed by atoms with Crippen molar-refractivity contribution in [3.8, 4) is 5.69 Å². The lowest BCUT2D eigenvalue weighted by atomic mass is 10.3. The number of rotatable bonds is 5. The van der Waals surface area contributed by atoms with Crippen molar-refractivity contribution < 1.29 is 4.79 Å². The minimum atomic E-state index is -0.565. The van der Waals surface area contributed by atoms with E-state index in [4.69, 9.17) is 11.6 Å². The van der Waals surface area contributed by atoms with Gasteiger partial charge in [0, 0.05) is 11.6 Å². The van der Waals surface area contributed by atoms with Gasteiger partial charge in [0.15, 0.2) is 0 Å². The van der Waals surface area contributed by atoms with Crippen LogP contribution in [0.1, 0.15) is 13.3 Å². The Kier molecular flexibility index (Phi) is 5.06. The van der Waals surface area contributed by atoms with Gasteiger partial charge >= 0.3 is 5.69 Å². The quantitative estimate of drug-likeness (QED) is 0.742. The van der Waals surface area contributed by atoms with Crippen LogP contribution < -0.4 is 16.6 Å². The fraction of sp³-hybridized carbons (Fsp3) is 0.235. The van der Waals surface area contributed by atoms with Crippen LogP contribution in [-0.2, 0) is 11.3 Å². The molecule has 2 heterocycles. The summed E-state index contributed by atoms with van der Waals surface area (Å²) >= 11 is 7.23. The van der Waals surface area contributed by atoms with Crippen LogP contribution in [0.2, 0.25) is 5.02 Å². The van der Waals surface area contributed by atoms with E-state index in [2.05, 4.69) is 5.32 Å². The van der Waals surface area contributed by atoms with Crippen LogP contribution >= 0.6 is 22.9 Å². The standard InChI is InChI=1S/C17H16ClN3O3S/c1-2-7-19-14(22)10-20-13-6-8-25-15(13)16(23)21(17(20)24)12-5-3-4-11(18)9-12/h3-6,8-9H,2,7,10H2,1H3,(H,19,22). The number of halogens is 1. The lowest BCUT2D eigenvalue weighted by Crippen LogP contribution is -2.41. The number of nitrogens with one attached hydrogen (secondary N) is 1. The second-order valence-corrected chi connectivity index (χ2v) is 6.83. The summed E-state index contributed by atoms with van der Waals surface area (Å²) < 4.78 is 2.79. The molecule has 6 nitrogen and oxygen atoms in total. The smallest absolute Gasteiger partial charge is 0.336 e. The van der Waals surface area contributed by atoms with Gasteiger partial charge < -0.3 is 5.32 Å². The second-order valence-electron chi connectivity index (χ2n) is 5.47. The molecule has 130 valence electrons. The van der Waals surface area contributed by atoms with Crippen molar-refractivity contribution >= 4 is 39.1 Å². The third-order valence-electron chi connectivity index (χ3n) is 3.70. The Bertz CT molecular complexity index is 1050. The monoisotopic (exact) mass is 377 g/mol. The van der Waals surface area contributed by atoms with Crippen molar-refractivity contribution in [3.63, 3.8) is 0 Å². The predicted molar refractivity (Wildman–Crippen MR) is 100.0 cm³/mol. The average molecular weight is 378 g/mol. The number of hydrogen-bond acceptors (Lipinski definition) is 4. The maximum atomic E-state index is 12.9. The number of carbonyl (C=O) groups is 1. The summed E-state index contributed by atoms with van der Waals surface area (Å²) in [5, 5.41) is 4.89. The molecule has 0 radical (unpaired) electrons. The summed E-state index contributed by atoms with van der Waals surface area (Å²) in [6.07, 6.45) is 0.802. The van der Waals surface area contributed by atoms with E-state index in [1.54, 1.807) is 35.7 Å². The Morgan fingerprint density at radius 2 is 2.08 bits per heavy atom. The van der Waals surface area contributed by atoms with Gasteiger partial charge in [-0.15, -0.1) is 11.3 Å². The predicted octanol–water partition coefficient (Wildman–Crippen LogP) is 2.39. The Hall–Kier alpha value is -2.38. The minimum absolute atomic E-state index is 0.146. The number of aromatic nitrogens is 2. The lowest BCUT2D eigenvalue weighted by Gasteiger charge is -2.12. The first-order valence-corrected chi connectivity index (χ1v) is 9.04. The van der Waals surface area contributed by atoms with Gasteiger partial charge in [0.25, 0.3) is 5.56 Å². The van der Waals surface area contributed by atoms with Crippen LogP contribution in [0.25, 0.3) is 15.9 Å². The number of benzene rings is 1. The summed E-state index contributed by atoms with van der Waals surface area (Å²) in [4.78, 5) is 37.8. The molecule has 0 aliphatic rings. The number of thiophene rings is 1. The minimum Gasteiger partial charge on any atom is -0.355 e. The van der Waals surface area contributed by atoms with Crippen LogP contribution in [-0.4, -0.2) is 21.6 Å². The molecule has 1 N–H and O–H groups in total. The molecule has 0 fully saturated rings. The maximum absolute atomic E-state index is 12.9. The number of nitrogens with zero attached hydrogens (tertiary/aromatic N) is 2. The molecule has 0 atom stereocenters. The molecule has 1 aromatic carbocycles. The zero-order valence-electron chi connectivity index (χ0n) is 13.5. The van der Waals surface area contributed by atoms with Crippen LogP contribution in [0.15, 0.2) is 45.3 Å². The zero-order valence-corrected chi connectivity index (χ0v) is 15.1. The highest BCUT2D eigenvalue weighted by Crippen LogP contribution is 2.17. The van der Waals surface area contributed by atoms with Crippen LogP contribution in [0, 0.1) is 0 Å². The highest BCUT2D eigenvalue weighted by Gasteiger charge is 2.17. The summed E-state index contributed by atoms with van der Waals surface area (Å²) in [6.45, 7) is 2.34. The van der Waals surface area contributed by atoms with Gasteiger partial charge in [-0.2, -0.15) is 0 Å². The van der Waals surface area contributed by atoms with Crippen LogP contribution in [0.4, 0.5) is 0 Å². The Morgan fingerprint density at radius 1 is 1.28 bits per heavy atom. The highest BCUT2D eigenvalue weighted by atomic mass is 35.5. The SMILES string of the molecule is CCCNC(=O)Cn1c(=O)n(-c2cccc(Cl)c2)c(=O)c2sccc21. The third kappa shape index (κ3) is 3.38. The highest BCUT2D eigenvalue weighted by molar-refractivity contribution is 7.17. The van der Waals surface area contributed by atoms with E-state index in [1.807, 2.05) is 6.92 Å². The van der Waals surface area contributed by atoms with Gasteiger partial charge in [-0.3, -0.25) is 14.2 Å². The molecule has 25 heavy (non-hydrogen) atoms. The first-order valence-electron chi connectivity index (χ1n) is 7.78. The Balaban J connectivity index is 2.20. The average Bonchev–Trinajstić information content (AvgIpc) is 3.07. The topological polar surface area (TPSA) is 73.1 Å². The van der Waals surface area contributed by atoms with Crippen molar-refractivity contribution in [2.45, 2.75) is 19.9 Å². The number of hydrogen-bond donors (Lipinski definition) is 1. The second kappa shape index (κ2) is 7.25. The summed E-state index contributed by atoms with van der Waals surface area (Å²) in [7, 11) is 0. The number of amides is 1. The van der Waals surface area contributed by atoms with Gasteiger partial charge in [0.05, 0.1) is 11.2 Å². The van der Waals surface area contributed by atoms with Gasteiger partial charge in [-0.1, -0.05) is 24.6 Å². The molecule has 8 heteroatoms. The largest absolute Gasteiger partial charge is 0.355 e. The Morgan fingerprint density at radius 3 is 2.80 bits per heavy atom. The van der Waals surface area contributed by atoms with E-state index in [9.17, 15) is 14.4 Å². The molecule has 2 aromatic heterocycles. The van der Waals surface area contributed by atoms with Crippen LogP contribution in [0.3, 0.4) is 0 Å². The fourth-order valence-corrected chi connectivity index (χ4v) is 3.56. The first-order chi connectivity index (χ1) is 12.0. The molecule has 0 bridgehead atoms. The van der Waals surface area contributed by atoms with Crippen molar-refractivity contribution in [3.05, 3.63) is 61.6 Å². The maximum Gasteiger partial charge on any atom is 0.336 e. The fourth-order valence-electron chi connectivity index (χ4n) is 2.55. The molecule has 0 unspecified atom stereocenters. The van der Waals surface area contributed by atoms with Gasteiger partial charge in [-0.25, -0.2) is 9.36 Å². The van der Waals surface area contributed by atoms with E-state index in [-0.39, 0.29) is 12.5 Å². The van der Waals surface area contributed by atoms with Gasteiger partial charge in [-0.05, 0) is 36.1 Å². The zero-order chi connectivity index (χ0) is 18.0. The van der Waals surface area contributed by atoms with E-state index in [0.29, 0.717) is 27.5 Å². The van der Waals surface area contributed by atoms with E-state index in [0.717, 1.165) is 11.0 Å². The molecular formula is C17H16ClN3O3S. The van der Waals surface area contributed by atoms with Gasteiger partial charge in [0.1, 0.15) is 11.2 Å². The normalized spacial score (nSPS) is 11.0. The Labute approximate surface area is 152 Å². The van der Waals surface area contributed by atoms with Crippen molar-refractivity contribution in [2.24, 2.45) is 0 Å². The summed E-state index contributed by atoms with van der Waals surface area (Å²) in [5.41, 5.74) is -0.141. The van der Waals surface area contributed by atoms with Crippen molar-refractivity contribution in [1.29, 1.82) is 0 Å². The van der Waals surface area contributed by atoms with Crippen molar-refractivity contribution in [1.82, 2.24) is 14.5 Å². The van der Waals surface area contributed by atoms with E-state index >= 15 is 0 Å². The third-order valence-corrected chi connectivity index (χ3v) is 4.82. The molecule has 3 rings (SSSR count). The van der Waals surface area contributed by atoms with Crippen LogP contribution in [0.5, 0.6) is 0 Å². The van der Waals surface area contributed by atoms with Crippen molar-refractivity contribution in [2.75, 3.05) is 6.54 Å². The molecule has 0 aliphatic heterocycles. The molecule has 0 spiro atoms. The summed E-state index contributed by atoms with van der Waals surface area (Å²) in [6, 6.07) is 8.19. The molecule has 3 aromatic rings. The molecule has 0 aliphatic carbocycles. The van der Waals surface area contributed by atoms with E-state index in [1.165, 1.54) is 15.9 Å². The van der Waals surface area contributed by atoms with E-state index < -0.39 is 11.2 Å². The summed E-state index contributed by atoms with van der Waals surface area (Å²) in [5.74, 6) is -0.271. The molecular weight excluding hydrogens is 362 g/mol. The molecule has 0 saturated carbocycles. The van der Waals surface area contributed by atoms with Gasteiger partial charge in [0.2, 0.25) is 5.91 Å². The number of carbonyl (C=O) groups excluding carboxylic acids is 1. The molecule has 0 saturated heterocycles.